The second-order valence-corrected chi connectivity index (χ2v) is 6.46. The maximum atomic E-state index is 5.98. The van der Waals surface area contributed by atoms with E-state index in [4.69, 9.17) is 11.6 Å². The monoisotopic (exact) mass is 280 g/mol. The maximum absolute atomic E-state index is 5.98. The molecule has 1 atom stereocenters. The number of fused-ring (bicyclic) bond motifs is 1. The van der Waals surface area contributed by atoms with E-state index in [1.54, 1.807) is 11.3 Å². The van der Waals surface area contributed by atoms with Gasteiger partial charge in [0, 0.05) is 17.5 Å². The molecule has 18 heavy (non-hydrogen) atoms. The van der Waals surface area contributed by atoms with Crippen LogP contribution >= 0.6 is 22.9 Å². The van der Waals surface area contributed by atoms with Crippen molar-refractivity contribution in [3.05, 3.63) is 28.2 Å². The van der Waals surface area contributed by atoms with Crippen molar-refractivity contribution in [2.75, 3.05) is 6.54 Å². The lowest BCUT2D eigenvalue weighted by Crippen LogP contribution is -2.34. The molecule has 96 valence electrons. The van der Waals surface area contributed by atoms with Crippen molar-refractivity contribution in [1.82, 2.24) is 10.3 Å². The van der Waals surface area contributed by atoms with E-state index in [0.29, 0.717) is 6.04 Å². The Labute approximate surface area is 116 Å². The summed E-state index contributed by atoms with van der Waals surface area (Å²) in [5, 5.41) is 5.60. The van der Waals surface area contributed by atoms with Gasteiger partial charge in [-0.3, -0.25) is 0 Å². The maximum Gasteiger partial charge on any atom is 0.0939 e. The van der Waals surface area contributed by atoms with Crippen LogP contribution in [-0.4, -0.2) is 17.6 Å². The van der Waals surface area contributed by atoms with Crippen LogP contribution in [0, 0.1) is 0 Å². The second-order valence-electron chi connectivity index (χ2n) is 4.91. The molecule has 1 aromatic carbocycles. The Morgan fingerprint density at radius 2 is 2.33 bits per heavy atom. The quantitative estimate of drug-likeness (QED) is 0.918. The Bertz CT molecular complexity index is 532. The lowest BCUT2D eigenvalue weighted by atomic mass is 10.0. The third-order valence-electron chi connectivity index (χ3n) is 3.51. The molecule has 4 heteroatoms. The van der Waals surface area contributed by atoms with Gasteiger partial charge in [0.1, 0.15) is 0 Å². The van der Waals surface area contributed by atoms with Gasteiger partial charge in [-0.25, -0.2) is 4.98 Å². The van der Waals surface area contributed by atoms with Crippen molar-refractivity contribution in [2.24, 2.45) is 0 Å². The number of halogens is 1. The van der Waals surface area contributed by atoms with Gasteiger partial charge in [0.2, 0.25) is 0 Å². The minimum absolute atomic E-state index is 0.689. The second kappa shape index (κ2) is 5.55. The Balaban J connectivity index is 1.67. The summed E-state index contributed by atoms with van der Waals surface area (Å²) < 4.78 is 1.24. The summed E-state index contributed by atoms with van der Waals surface area (Å²) in [5.41, 5.74) is 1.04. The van der Waals surface area contributed by atoms with Crippen molar-refractivity contribution in [2.45, 2.75) is 38.1 Å². The van der Waals surface area contributed by atoms with Gasteiger partial charge in [-0.1, -0.05) is 18.0 Å². The molecule has 2 heterocycles. The fraction of sp³-hybridized carbons (Fsp3) is 0.500. The van der Waals surface area contributed by atoms with E-state index in [1.165, 1.54) is 41.9 Å². The number of aryl methyl sites for hydroxylation is 1. The summed E-state index contributed by atoms with van der Waals surface area (Å²) in [7, 11) is 0. The topological polar surface area (TPSA) is 24.9 Å². The number of piperidine rings is 1. The Kier molecular flexibility index (Phi) is 3.83. The summed E-state index contributed by atoms with van der Waals surface area (Å²) in [4.78, 5) is 4.66. The zero-order valence-electron chi connectivity index (χ0n) is 10.3. The first-order chi connectivity index (χ1) is 8.81. The van der Waals surface area contributed by atoms with E-state index in [1.807, 2.05) is 12.1 Å². The molecule has 0 amide bonds. The standard InChI is InChI=1S/C14H17ClN2S/c15-10-4-6-13-12(9-10)17-14(18-13)7-5-11-3-1-2-8-16-11/h4,6,9,11,16H,1-3,5,7-8H2. The Hall–Kier alpha value is -0.640. The van der Waals surface area contributed by atoms with Gasteiger partial charge >= 0.3 is 0 Å². The van der Waals surface area contributed by atoms with E-state index < -0.39 is 0 Å². The molecule has 0 saturated carbocycles. The SMILES string of the molecule is Clc1ccc2sc(CCC3CCCCN3)nc2c1. The fourth-order valence-corrected chi connectivity index (χ4v) is 3.65. The summed E-state index contributed by atoms with van der Waals surface area (Å²) in [5.74, 6) is 0. The van der Waals surface area contributed by atoms with Gasteiger partial charge in [0.15, 0.2) is 0 Å². The van der Waals surface area contributed by atoms with Crippen molar-refractivity contribution in [3.63, 3.8) is 0 Å². The summed E-state index contributed by atoms with van der Waals surface area (Å²) in [6, 6.07) is 6.65. The van der Waals surface area contributed by atoms with Crippen LogP contribution in [0.3, 0.4) is 0 Å². The van der Waals surface area contributed by atoms with Crippen LogP contribution in [0.15, 0.2) is 18.2 Å². The first kappa shape index (κ1) is 12.4. The lowest BCUT2D eigenvalue weighted by Gasteiger charge is -2.22. The van der Waals surface area contributed by atoms with E-state index >= 15 is 0 Å². The average Bonchev–Trinajstić information content (AvgIpc) is 2.79. The molecule has 1 aliphatic heterocycles. The molecule has 1 fully saturated rings. The van der Waals surface area contributed by atoms with Crippen molar-refractivity contribution in [3.8, 4) is 0 Å². The molecular weight excluding hydrogens is 264 g/mol. The highest BCUT2D eigenvalue weighted by Gasteiger charge is 2.13. The van der Waals surface area contributed by atoms with Crippen LogP contribution in [-0.2, 0) is 6.42 Å². The first-order valence-electron chi connectivity index (χ1n) is 6.59. The predicted molar refractivity (Wildman–Crippen MR) is 78.6 cm³/mol. The zero-order chi connectivity index (χ0) is 12.4. The van der Waals surface area contributed by atoms with E-state index in [-0.39, 0.29) is 0 Å². The minimum atomic E-state index is 0.689. The average molecular weight is 281 g/mol. The number of benzene rings is 1. The van der Waals surface area contributed by atoms with E-state index in [2.05, 4.69) is 16.4 Å². The minimum Gasteiger partial charge on any atom is -0.314 e. The number of thiazole rings is 1. The van der Waals surface area contributed by atoms with Gasteiger partial charge in [-0.15, -0.1) is 11.3 Å². The zero-order valence-corrected chi connectivity index (χ0v) is 11.9. The molecule has 0 aliphatic carbocycles. The Morgan fingerprint density at radius 1 is 1.39 bits per heavy atom. The predicted octanol–water partition coefficient (Wildman–Crippen LogP) is 4.02. The van der Waals surface area contributed by atoms with Gasteiger partial charge < -0.3 is 5.32 Å². The van der Waals surface area contributed by atoms with Crippen LogP contribution in [0.25, 0.3) is 10.2 Å². The number of aromatic nitrogens is 1. The van der Waals surface area contributed by atoms with Crippen LogP contribution in [0.4, 0.5) is 0 Å². The molecule has 0 bridgehead atoms. The van der Waals surface area contributed by atoms with Crippen LogP contribution < -0.4 is 5.32 Å². The van der Waals surface area contributed by atoms with Gasteiger partial charge in [0.25, 0.3) is 0 Å². The smallest absolute Gasteiger partial charge is 0.0939 e. The normalized spacial score (nSPS) is 20.4. The van der Waals surface area contributed by atoms with Gasteiger partial charge in [-0.2, -0.15) is 0 Å². The third-order valence-corrected chi connectivity index (χ3v) is 4.84. The molecule has 0 spiro atoms. The van der Waals surface area contributed by atoms with Gasteiger partial charge in [-0.05, 0) is 44.0 Å². The number of rotatable bonds is 3. The first-order valence-corrected chi connectivity index (χ1v) is 7.79. The van der Waals surface area contributed by atoms with Crippen molar-refractivity contribution in [1.29, 1.82) is 0 Å². The van der Waals surface area contributed by atoms with Crippen LogP contribution in [0.2, 0.25) is 5.02 Å². The van der Waals surface area contributed by atoms with Crippen LogP contribution in [0.5, 0.6) is 0 Å². The van der Waals surface area contributed by atoms with E-state index in [0.717, 1.165) is 17.0 Å². The van der Waals surface area contributed by atoms with Crippen LogP contribution in [0.1, 0.15) is 30.7 Å². The number of nitrogens with one attached hydrogen (secondary N) is 1. The number of hydrogen-bond acceptors (Lipinski definition) is 3. The molecule has 0 radical (unpaired) electrons. The molecule has 2 aromatic rings. The highest BCUT2D eigenvalue weighted by Crippen LogP contribution is 2.26. The lowest BCUT2D eigenvalue weighted by molar-refractivity contribution is 0.383. The molecule has 3 rings (SSSR count). The summed E-state index contributed by atoms with van der Waals surface area (Å²) >= 11 is 7.78. The molecule has 1 N–H and O–H groups in total. The van der Waals surface area contributed by atoms with Gasteiger partial charge in [0.05, 0.1) is 15.2 Å². The van der Waals surface area contributed by atoms with E-state index in [9.17, 15) is 0 Å². The van der Waals surface area contributed by atoms with Crippen molar-refractivity contribution < 1.29 is 0 Å². The molecular formula is C14H17ClN2S. The number of hydrogen-bond donors (Lipinski definition) is 1. The highest BCUT2D eigenvalue weighted by molar-refractivity contribution is 7.18. The highest BCUT2D eigenvalue weighted by atomic mass is 35.5. The largest absolute Gasteiger partial charge is 0.314 e. The fourth-order valence-electron chi connectivity index (χ4n) is 2.52. The van der Waals surface area contributed by atoms with Crippen molar-refractivity contribution >= 4 is 33.2 Å². The summed E-state index contributed by atoms with van der Waals surface area (Å²) in [6.45, 7) is 1.18. The molecule has 1 unspecified atom stereocenters. The third kappa shape index (κ3) is 2.85. The molecule has 2 nitrogen and oxygen atoms in total. The Morgan fingerprint density at radius 3 is 3.17 bits per heavy atom. The number of nitrogens with zero attached hydrogens (tertiary/aromatic N) is 1. The summed E-state index contributed by atoms with van der Waals surface area (Å²) in [6.07, 6.45) is 6.29. The molecule has 1 aliphatic rings. The molecule has 1 aromatic heterocycles. The molecule has 1 saturated heterocycles.